The average molecular weight is 280 g/mol. The Hall–Kier alpha value is 0.200. The van der Waals surface area contributed by atoms with E-state index < -0.39 is 0 Å². The van der Waals surface area contributed by atoms with E-state index in [1.54, 1.807) is 0 Å². The number of hydrogen-bond donors (Lipinski definition) is 1. The van der Waals surface area contributed by atoms with Crippen LogP contribution < -0.4 is 5.32 Å². The fourth-order valence-electron chi connectivity index (χ4n) is 2.24. The second-order valence-corrected chi connectivity index (χ2v) is 6.31. The molecule has 2 unspecified atom stereocenters. The van der Waals surface area contributed by atoms with Gasteiger partial charge in [-0.25, -0.2) is 0 Å². The Balaban J connectivity index is 2.17. The quantitative estimate of drug-likeness (QED) is 0.910. The summed E-state index contributed by atoms with van der Waals surface area (Å²) in [6.45, 7) is 1.68. The highest BCUT2D eigenvalue weighted by molar-refractivity contribution is 7.20. The van der Waals surface area contributed by atoms with E-state index in [1.165, 1.54) is 17.8 Å². The van der Waals surface area contributed by atoms with Crippen molar-refractivity contribution in [3.63, 3.8) is 0 Å². The fraction of sp³-hybridized carbons (Fsp3) is 0.636. The molecule has 1 N–H and O–H groups in total. The summed E-state index contributed by atoms with van der Waals surface area (Å²) >= 11 is 13.6. The number of rotatable bonds is 3. The van der Waals surface area contributed by atoms with Gasteiger partial charge in [0.25, 0.3) is 0 Å². The van der Waals surface area contributed by atoms with Crippen molar-refractivity contribution in [2.75, 3.05) is 20.3 Å². The highest BCUT2D eigenvalue weighted by atomic mass is 35.5. The molecule has 0 radical (unpaired) electrons. The number of ether oxygens (including phenoxy) is 1. The summed E-state index contributed by atoms with van der Waals surface area (Å²) < 4.78 is 7.05. The van der Waals surface area contributed by atoms with Crippen LogP contribution in [0.1, 0.15) is 24.4 Å². The van der Waals surface area contributed by atoms with E-state index in [0.29, 0.717) is 5.92 Å². The fourth-order valence-corrected chi connectivity index (χ4v) is 3.79. The lowest BCUT2D eigenvalue weighted by Crippen LogP contribution is -2.31. The van der Waals surface area contributed by atoms with Crippen molar-refractivity contribution in [2.24, 2.45) is 5.92 Å². The van der Waals surface area contributed by atoms with Gasteiger partial charge in [-0.15, -0.1) is 11.3 Å². The lowest BCUT2D eigenvalue weighted by atomic mass is 9.90. The predicted octanol–water partition coefficient (Wildman–Crippen LogP) is 3.74. The summed E-state index contributed by atoms with van der Waals surface area (Å²) in [7, 11) is 1.96. The van der Waals surface area contributed by atoms with Crippen molar-refractivity contribution in [1.29, 1.82) is 0 Å². The van der Waals surface area contributed by atoms with Crippen LogP contribution in [-0.4, -0.2) is 20.3 Å². The topological polar surface area (TPSA) is 21.3 Å². The monoisotopic (exact) mass is 279 g/mol. The van der Waals surface area contributed by atoms with E-state index in [9.17, 15) is 0 Å². The zero-order valence-electron chi connectivity index (χ0n) is 9.13. The van der Waals surface area contributed by atoms with Gasteiger partial charge in [-0.05, 0) is 26.0 Å². The van der Waals surface area contributed by atoms with Gasteiger partial charge in [-0.2, -0.15) is 0 Å². The summed E-state index contributed by atoms with van der Waals surface area (Å²) in [6, 6.07) is 2.21. The van der Waals surface area contributed by atoms with E-state index in [-0.39, 0.29) is 6.04 Å². The minimum atomic E-state index is 0.247. The highest BCUT2D eigenvalue weighted by Gasteiger charge is 2.27. The molecule has 0 aliphatic carbocycles. The Morgan fingerprint density at radius 3 is 2.88 bits per heavy atom. The molecule has 1 fully saturated rings. The van der Waals surface area contributed by atoms with Crippen LogP contribution in [0.25, 0.3) is 0 Å². The van der Waals surface area contributed by atoms with Crippen LogP contribution >= 0.6 is 34.5 Å². The smallest absolute Gasteiger partial charge is 0.0992 e. The molecule has 2 rings (SSSR count). The maximum absolute atomic E-state index is 6.19. The van der Waals surface area contributed by atoms with Crippen molar-refractivity contribution in [3.8, 4) is 0 Å². The largest absolute Gasteiger partial charge is 0.381 e. The molecule has 0 saturated carbocycles. The molecule has 0 amide bonds. The second-order valence-electron chi connectivity index (χ2n) is 4.02. The summed E-state index contributed by atoms with van der Waals surface area (Å²) in [5, 5.41) is 3.33. The first-order chi connectivity index (χ1) is 7.72. The standard InChI is InChI=1S/C11H15Cl2NOS/c1-14-10(7-3-2-4-15-6-7)8-5-9(12)16-11(8)13/h5,7,10,14H,2-4,6H2,1H3. The summed E-state index contributed by atoms with van der Waals surface area (Å²) in [6.07, 6.45) is 2.30. The van der Waals surface area contributed by atoms with Gasteiger partial charge >= 0.3 is 0 Å². The van der Waals surface area contributed by atoms with Gasteiger partial charge in [0.05, 0.1) is 15.3 Å². The molecule has 16 heavy (non-hydrogen) atoms. The molecular formula is C11H15Cl2NOS. The Bertz CT molecular complexity index is 350. The molecule has 1 aromatic rings. The molecule has 1 aromatic heterocycles. The van der Waals surface area contributed by atoms with Gasteiger partial charge in [0.15, 0.2) is 0 Å². The lowest BCUT2D eigenvalue weighted by molar-refractivity contribution is 0.0403. The third kappa shape index (κ3) is 2.71. The van der Waals surface area contributed by atoms with Crippen LogP contribution in [-0.2, 0) is 4.74 Å². The highest BCUT2D eigenvalue weighted by Crippen LogP contribution is 2.39. The van der Waals surface area contributed by atoms with E-state index >= 15 is 0 Å². The third-order valence-corrected chi connectivity index (χ3v) is 4.51. The first-order valence-corrected chi connectivity index (χ1v) is 6.99. The maximum atomic E-state index is 6.19. The SMILES string of the molecule is CNC(c1cc(Cl)sc1Cl)C1CCCOC1. The van der Waals surface area contributed by atoms with Gasteiger partial charge in [-0.1, -0.05) is 23.2 Å². The van der Waals surface area contributed by atoms with Crippen LogP contribution in [0.2, 0.25) is 8.67 Å². The molecule has 0 aromatic carbocycles. The Kier molecular flexibility index (Phi) is 4.50. The van der Waals surface area contributed by atoms with Gasteiger partial charge in [0, 0.05) is 24.1 Å². The van der Waals surface area contributed by atoms with Gasteiger partial charge in [0.1, 0.15) is 0 Å². The van der Waals surface area contributed by atoms with Crippen molar-refractivity contribution in [3.05, 3.63) is 20.3 Å². The van der Waals surface area contributed by atoms with Crippen LogP contribution in [0.4, 0.5) is 0 Å². The normalized spacial score (nSPS) is 23.3. The van der Waals surface area contributed by atoms with E-state index in [4.69, 9.17) is 27.9 Å². The summed E-state index contributed by atoms with van der Waals surface area (Å²) in [5.41, 5.74) is 1.11. The number of halogens is 2. The molecular weight excluding hydrogens is 265 g/mol. The maximum Gasteiger partial charge on any atom is 0.0992 e. The molecule has 1 saturated heterocycles. The third-order valence-electron chi connectivity index (χ3n) is 3.00. The van der Waals surface area contributed by atoms with Gasteiger partial charge < -0.3 is 10.1 Å². The zero-order valence-corrected chi connectivity index (χ0v) is 11.5. The Labute approximate surface area is 110 Å². The summed E-state index contributed by atoms with van der Waals surface area (Å²) in [4.78, 5) is 0. The molecule has 1 aliphatic rings. The van der Waals surface area contributed by atoms with Gasteiger partial charge in [-0.3, -0.25) is 0 Å². The molecule has 2 heterocycles. The minimum Gasteiger partial charge on any atom is -0.381 e. The van der Waals surface area contributed by atoms with Crippen LogP contribution in [0.3, 0.4) is 0 Å². The first-order valence-electron chi connectivity index (χ1n) is 5.42. The average Bonchev–Trinajstić information content (AvgIpc) is 2.61. The number of thiophene rings is 1. The molecule has 5 heteroatoms. The Morgan fingerprint density at radius 1 is 1.56 bits per heavy atom. The predicted molar refractivity (Wildman–Crippen MR) is 69.7 cm³/mol. The van der Waals surface area contributed by atoms with E-state index in [0.717, 1.165) is 33.9 Å². The molecule has 2 atom stereocenters. The number of hydrogen-bond acceptors (Lipinski definition) is 3. The van der Waals surface area contributed by atoms with Crippen molar-refractivity contribution >= 4 is 34.5 Å². The van der Waals surface area contributed by atoms with Gasteiger partial charge in [0.2, 0.25) is 0 Å². The molecule has 0 spiro atoms. The minimum absolute atomic E-state index is 0.247. The molecule has 0 bridgehead atoms. The molecule has 1 aliphatic heterocycles. The van der Waals surface area contributed by atoms with E-state index in [2.05, 4.69) is 5.32 Å². The zero-order chi connectivity index (χ0) is 11.5. The molecule has 2 nitrogen and oxygen atoms in total. The first kappa shape index (κ1) is 12.7. The van der Waals surface area contributed by atoms with Crippen LogP contribution in [0, 0.1) is 5.92 Å². The van der Waals surface area contributed by atoms with Crippen LogP contribution in [0.15, 0.2) is 6.07 Å². The summed E-state index contributed by atoms with van der Waals surface area (Å²) in [5.74, 6) is 0.488. The van der Waals surface area contributed by atoms with E-state index in [1.807, 2.05) is 13.1 Å². The van der Waals surface area contributed by atoms with Crippen molar-refractivity contribution < 1.29 is 4.74 Å². The molecule has 90 valence electrons. The van der Waals surface area contributed by atoms with Crippen molar-refractivity contribution in [2.45, 2.75) is 18.9 Å². The number of nitrogens with one attached hydrogen (secondary N) is 1. The van der Waals surface area contributed by atoms with Crippen molar-refractivity contribution in [1.82, 2.24) is 5.32 Å². The van der Waals surface area contributed by atoms with Crippen LogP contribution in [0.5, 0.6) is 0 Å². The second kappa shape index (κ2) is 5.69. The lowest BCUT2D eigenvalue weighted by Gasteiger charge is -2.29. The Morgan fingerprint density at radius 2 is 2.38 bits per heavy atom.